The van der Waals surface area contributed by atoms with Crippen LogP contribution in [0.25, 0.3) is 0 Å². The smallest absolute Gasteiger partial charge is 0.321 e. The topological polar surface area (TPSA) is 35.6 Å². The van der Waals surface area contributed by atoms with Crippen molar-refractivity contribution in [1.82, 2.24) is 4.90 Å². The van der Waals surface area contributed by atoms with Crippen molar-refractivity contribution in [2.24, 2.45) is 0 Å². The first kappa shape index (κ1) is 16.6. The highest BCUT2D eigenvalue weighted by Crippen LogP contribution is 2.21. The third-order valence-electron chi connectivity index (χ3n) is 4.16. The average molecular weight is 348 g/mol. The number of hydrogen-bond acceptors (Lipinski definition) is 2. The van der Waals surface area contributed by atoms with E-state index in [0.717, 1.165) is 18.8 Å². The number of carbonyl (C=O) groups excluding carboxylic acids is 1. The van der Waals surface area contributed by atoms with E-state index in [4.69, 9.17) is 11.6 Å². The molecule has 0 atom stereocenters. The van der Waals surface area contributed by atoms with Gasteiger partial charge in [0.25, 0.3) is 0 Å². The van der Waals surface area contributed by atoms with E-state index in [0.29, 0.717) is 29.4 Å². The molecule has 6 heteroatoms. The van der Waals surface area contributed by atoms with Gasteiger partial charge in [0.05, 0.1) is 0 Å². The predicted molar refractivity (Wildman–Crippen MR) is 95.4 cm³/mol. The minimum absolute atomic E-state index is 0.205. The third kappa shape index (κ3) is 3.79. The molecule has 1 aliphatic heterocycles. The van der Waals surface area contributed by atoms with Crippen LogP contribution >= 0.6 is 11.6 Å². The van der Waals surface area contributed by atoms with Gasteiger partial charge in [-0.3, -0.25) is 0 Å². The maximum absolute atomic E-state index is 13.6. The molecule has 0 saturated carbocycles. The van der Waals surface area contributed by atoms with Crippen LogP contribution in [0.5, 0.6) is 0 Å². The monoisotopic (exact) mass is 347 g/mol. The normalized spacial score (nSPS) is 14.6. The van der Waals surface area contributed by atoms with Crippen molar-refractivity contribution in [3.05, 3.63) is 58.9 Å². The molecule has 0 radical (unpaired) electrons. The molecule has 1 fully saturated rings. The van der Waals surface area contributed by atoms with Gasteiger partial charge in [-0.25, -0.2) is 9.18 Å². The molecule has 1 saturated heterocycles. The van der Waals surface area contributed by atoms with Gasteiger partial charge in [-0.05, 0) is 42.8 Å². The second kappa shape index (κ2) is 7.09. The summed E-state index contributed by atoms with van der Waals surface area (Å²) in [5.74, 6) is -0.321. The van der Waals surface area contributed by atoms with E-state index in [1.807, 2.05) is 24.3 Å². The molecule has 1 N–H and O–H groups in total. The Hall–Kier alpha value is -2.27. The van der Waals surface area contributed by atoms with Gasteiger partial charge in [0.1, 0.15) is 5.82 Å². The Bertz CT molecular complexity index is 745. The van der Waals surface area contributed by atoms with E-state index >= 15 is 0 Å². The van der Waals surface area contributed by atoms with Gasteiger partial charge in [-0.2, -0.15) is 0 Å². The molecular weight excluding hydrogens is 329 g/mol. The first-order valence-electron chi connectivity index (χ1n) is 7.85. The minimum Gasteiger partial charge on any atom is -0.368 e. The van der Waals surface area contributed by atoms with Crippen molar-refractivity contribution in [2.45, 2.75) is 6.92 Å². The zero-order valence-electron chi connectivity index (χ0n) is 13.4. The summed E-state index contributed by atoms with van der Waals surface area (Å²) in [6.07, 6.45) is 0. The maximum Gasteiger partial charge on any atom is 0.321 e. The number of anilines is 2. The summed E-state index contributed by atoms with van der Waals surface area (Å²) < 4.78 is 13.6. The quantitative estimate of drug-likeness (QED) is 0.886. The number of halogens is 2. The Balaban J connectivity index is 1.58. The van der Waals surface area contributed by atoms with Crippen LogP contribution in [0.1, 0.15) is 5.56 Å². The van der Waals surface area contributed by atoms with E-state index < -0.39 is 0 Å². The average Bonchev–Trinajstić information content (AvgIpc) is 2.58. The van der Waals surface area contributed by atoms with Crippen LogP contribution < -0.4 is 10.2 Å². The lowest BCUT2D eigenvalue weighted by molar-refractivity contribution is 0.208. The summed E-state index contributed by atoms with van der Waals surface area (Å²) in [5, 5.41) is 3.45. The highest BCUT2D eigenvalue weighted by molar-refractivity contribution is 6.30. The summed E-state index contributed by atoms with van der Waals surface area (Å²) in [4.78, 5) is 16.2. The number of aryl methyl sites for hydroxylation is 1. The van der Waals surface area contributed by atoms with Crippen LogP contribution in [0.2, 0.25) is 5.02 Å². The number of amides is 2. The van der Waals surface area contributed by atoms with Gasteiger partial charge in [0, 0.05) is 42.6 Å². The van der Waals surface area contributed by atoms with Crippen molar-refractivity contribution in [3.8, 4) is 0 Å². The molecule has 126 valence electrons. The number of piperazine rings is 1. The SMILES string of the molecule is Cc1ccc(NC(=O)N2CCN(c3cccc(Cl)c3)CC2)cc1F. The molecule has 2 amide bonds. The molecule has 2 aromatic carbocycles. The van der Waals surface area contributed by atoms with Crippen LogP contribution in [-0.2, 0) is 0 Å². The van der Waals surface area contributed by atoms with Gasteiger partial charge in [0.15, 0.2) is 0 Å². The summed E-state index contributed by atoms with van der Waals surface area (Å²) in [7, 11) is 0. The molecule has 0 spiro atoms. The van der Waals surface area contributed by atoms with Gasteiger partial charge in [-0.1, -0.05) is 23.7 Å². The van der Waals surface area contributed by atoms with Crippen LogP contribution in [0.4, 0.5) is 20.6 Å². The van der Waals surface area contributed by atoms with E-state index in [1.165, 1.54) is 6.07 Å². The van der Waals surface area contributed by atoms with Crippen LogP contribution in [0, 0.1) is 12.7 Å². The molecule has 0 unspecified atom stereocenters. The second-order valence-corrected chi connectivity index (χ2v) is 6.28. The Kier molecular flexibility index (Phi) is 4.90. The predicted octanol–water partition coefficient (Wildman–Crippen LogP) is 4.14. The molecule has 24 heavy (non-hydrogen) atoms. The first-order chi connectivity index (χ1) is 11.5. The zero-order valence-corrected chi connectivity index (χ0v) is 14.2. The van der Waals surface area contributed by atoms with E-state index in [-0.39, 0.29) is 11.8 Å². The standard InChI is InChI=1S/C18H19ClFN3O/c1-13-5-6-15(12-17(13)20)21-18(24)23-9-7-22(8-10-23)16-4-2-3-14(19)11-16/h2-6,11-12H,7-10H2,1H3,(H,21,24). The highest BCUT2D eigenvalue weighted by Gasteiger charge is 2.21. The molecule has 0 bridgehead atoms. The second-order valence-electron chi connectivity index (χ2n) is 5.85. The van der Waals surface area contributed by atoms with Crippen LogP contribution in [0.15, 0.2) is 42.5 Å². The Labute approximate surface area is 145 Å². The van der Waals surface area contributed by atoms with Crippen molar-refractivity contribution in [3.63, 3.8) is 0 Å². The van der Waals surface area contributed by atoms with Gasteiger partial charge >= 0.3 is 6.03 Å². The number of carbonyl (C=O) groups is 1. The summed E-state index contributed by atoms with van der Waals surface area (Å²) >= 11 is 6.03. The van der Waals surface area contributed by atoms with E-state index in [2.05, 4.69) is 10.2 Å². The summed E-state index contributed by atoms with van der Waals surface area (Å²) in [6, 6.07) is 12.2. The lowest BCUT2D eigenvalue weighted by Gasteiger charge is -2.36. The fourth-order valence-electron chi connectivity index (χ4n) is 2.71. The highest BCUT2D eigenvalue weighted by atomic mass is 35.5. The molecule has 0 aromatic heterocycles. The van der Waals surface area contributed by atoms with Gasteiger partial charge in [0.2, 0.25) is 0 Å². The molecule has 3 rings (SSSR count). The third-order valence-corrected chi connectivity index (χ3v) is 4.40. The van der Waals surface area contributed by atoms with Crippen molar-refractivity contribution < 1.29 is 9.18 Å². The number of urea groups is 1. The Morgan fingerprint density at radius 3 is 2.54 bits per heavy atom. The van der Waals surface area contributed by atoms with E-state index in [9.17, 15) is 9.18 Å². The summed E-state index contributed by atoms with van der Waals surface area (Å²) in [6.45, 7) is 4.36. The molecule has 0 aliphatic carbocycles. The Morgan fingerprint density at radius 1 is 1.12 bits per heavy atom. The lowest BCUT2D eigenvalue weighted by atomic mass is 10.2. The van der Waals surface area contributed by atoms with E-state index in [1.54, 1.807) is 24.0 Å². The van der Waals surface area contributed by atoms with Crippen molar-refractivity contribution in [1.29, 1.82) is 0 Å². The number of benzene rings is 2. The molecule has 1 heterocycles. The van der Waals surface area contributed by atoms with Gasteiger partial charge < -0.3 is 15.1 Å². The largest absolute Gasteiger partial charge is 0.368 e. The fraction of sp³-hybridized carbons (Fsp3) is 0.278. The fourth-order valence-corrected chi connectivity index (χ4v) is 2.90. The molecule has 2 aromatic rings. The maximum atomic E-state index is 13.6. The summed E-state index contributed by atoms with van der Waals surface area (Å²) in [5.41, 5.74) is 2.09. The number of rotatable bonds is 2. The van der Waals surface area contributed by atoms with Gasteiger partial charge in [-0.15, -0.1) is 0 Å². The molecular formula is C18H19ClFN3O. The minimum atomic E-state index is -0.321. The molecule has 4 nitrogen and oxygen atoms in total. The van der Waals surface area contributed by atoms with Crippen LogP contribution in [0.3, 0.4) is 0 Å². The lowest BCUT2D eigenvalue weighted by Crippen LogP contribution is -2.50. The van der Waals surface area contributed by atoms with Crippen LogP contribution in [-0.4, -0.2) is 37.1 Å². The van der Waals surface area contributed by atoms with Crippen molar-refractivity contribution >= 4 is 29.0 Å². The number of hydrogen-bond donors (Lipinski definition) is 1. The number of nitrogens with one attached hydrogen (secondary N) is 1. The first-order valence-corrected chi connectivity index (χ1v) is 8.23. The van der Waals surface area contributed by atoms with Crippen molar-refractivity contribution in [2.75, 3.05) is 36.4 Å². The molecule has 1 aliphatic rings. The number of nitrogens with zero attached hydrogens (tertiary/aromatic N) is 2. The Morgan fingerprint density at radius 2 is 1.88 bits per heavy atom. The zero-order chi connectivity index (χ0) is 17.1.